The van der Waals surface area contributed by atoms with E-state index in [1.54, 1.807) is 0 Å². The Labute approximate surface area is 184 Å². The summed E-state index contributed by atoms with van der Waals surface area (Å²) < 4.78 is 0. The number of aromatic amines is 2. The average molecular weight is 423 g/mol. The van der Waals surface area contributed by atoms with Gasteiger partial charge in [-0.05, 0) is 44.2 Å². The van der Waals surface area contributed by atoms with Crippen molar-refractivity contribution in [1.29, 1.82) is 0 Å². The van der Waals surface area contributed by atoms with Crippen LogP contribution in [0.1, 0.15) is 56.2 Å². The number of rotatable bonds is 9. The standard InChI is InChI=1S/C24H34N6O/c1-4-7-18(14-19-16-25-21-9-6-5-8-20(19)21)15-22(31)23-26-24(28-27-23)30-12-10-29(11-13-30)17(2)3/h5-6,8-9,16-18,25H,4,7,10-15H2,1-3H3,(H,26,27,28). The number of benzene rings is 1. The van der Waals surface area contributed by atoms with Gasteiger partial charge >= 0.3 is 0 Å². The van der Waals surface area contributed by atoms with Gasteiger partial charge in [0.15, 0.2) is 11.6 Å². The van der Waals surface area contributed by atoms with Gasteiger partial charge in [0.1, 0.15) is 0 Å². The third-order valence-corrected chi connectivity index (χ3v) is 6.42. The molecular weight excluding hydrogens is 388 g/mol. The molecule has 1 unspecified atom stereocenters. The van der Waals surface area contributed by atoms with E-state index >= 15 is 0 Å². The molecule has 0 radical (unpaired) electrons. The molecule has 0 bridgehead atoms. The first-order valence-corrected chi connectivity index (χ1v) is 11.5. The molecule has 3 heterocycles. The highest BCUT2D eigenvalue weighted by atomic mass is 16.1. The Hall–Kier alpha value is -2.67. The predicted octanol–water partition coefficient (Wildman–Crippen LogP) is 4.05. The van der Waals surface area contributed by atoms with Crippen LogP contribution in [0, 0.1) is 5.92 Å². The Kier molecular flexibility index (Phi) is 6.70. The van der Waals surface area contributed by atoms with E-state index in [9.17, 15) is 4.79 Å². The highest BCUT2D eigenvalue weighted by molar-refractivity contribution is 5.93. The highest BCUT2D eigenvalue weighted by Gasteiger charge is 2.24. The summed E-state index contributed by atoms with van der Waals surface area (Å²) in [4.78, 5) is 25.5. The molecule has 166 valence electrons. The quantitative estimate of drug-likeness (QED) is 0.509. The van der Waals surface area contributed by atoms with Crippen molar-refractivity contribution in [2.75, 3.05) is 31.1 Å². The van der Waals surface area contributed by atoms with Gasteiger partial charge in [-0.1, -0.05) is 31.5 Å². The number of hydrogen-bond acceptors (Lipinski definition) is 5. The number of carbonyl (C=O) groups excluding carboxylic acids is 1. The fourth-order valence-corrected chi connectivity index (χ4v) is 4.61. The second kappa shape index (κ2) is 9.64. The summed E-state index contributed by atoms with van der Waals surface area (Å²) >= 11 is 0. The maximum Gasteiger partial charge on any atom is 0.245 e. The van der Waals surface area contributed by atoms with Crippen LogP contribution in [-0.2, 0) is 6.42 Å². The van der Waals surface area contributed by atoms with Crippen LogP contribution < -0.4 is 4.90 Å². The third kappa shape index (κ3) is 4.98. The molecule has 2 aromatic heterocycles. The van der Waals surface area contributed by atoms with E-state index in [0.717, 1.165) is 51.0 Å². The number of anilines is 1. The fourth-order valence-electron chi connectivity index (χ4n) is 4.61. The van der Waals surface area contributed by atoms with Crippen LogP contribution in [0.25, 0.3) is 10.9 Å². The van der Waals surface area contributed by atoms with E-state index in [-0.39, 0.29) is 5.78 Å². The number of hydrogen-bond donors (Lipinski definition) is 2. The Morgan fingerprint density at radius 2 is 1.94 bits per heavy atom. The zero-order chi connectivity index (χ0) is 21.8. The van der Waals surface area contributed by atoms with Crippen molar-refractivity contribution in [3.63, 3.8) is 0 Å². The zero-order valence-corrected chi connectivity index (χ0v) is 18.9. The molecule has 1 aliphatic heterocycles. The maximum absolute atomic E-state index is 13.0. The summed E-state index contributed by atoms with van der Waals surface area (Å²) in [7, 11) is 0. The number of Topliss-reactive ketones (excluding diaryl/α,β-unsaturated/α-hetero) is 1. The summed E-state index contributed by atoms with van der Waals surface area (Å²) in [6.45, 7) is 10.4. The van der Waals surface area contributed by atoms with Gasteiger partial charge in [-0.25, -0.2) is 0 Å². The second-order valence-corrected chi connectivity index (χ2v) is 8.95. The van der Waals surface area contributed by atoms with E-state index in [1.165, 1.54) is 10.9 Å². The number of nitrogens with one attached hydrogen (secondary N) is 2. The minimum absolute atomic E-state index is 0.0536. The Morgan fingerprint density at radius 1 is 1.16 bits per heavy atom. The van der Waals surface area contributed by atoms with Gasteiger partial charge < -0.3 is 9.88 Å². The molecule has 3 aromatic rings. The number of ketones is 1. The summed E-state index contributed by atoms with van der Waals surface area (Å²) in [5.41, 5.74) is 2.43. The van der Waals surface area contributed by atoms with E-state index in [0.29, 0.717) is 30.2 Å². The molecule has 31 heavy (non-hydrogen) atoms. The lowest BCUT2D eigenvalue weighted by molar-refractivity contribution is 0.0949. The van der Waals surface area contributed by atoms with Gasteiger partial charge in [0.2, 0.25) is 5.95 Å². The molecule has 7 nitrogen and oxygen atoms in total. The van der Waals surface area contributed by atoms with Crippen LogP contribution in [0.15, 0.2) is 30.5 Å². The van der Waals surface area contributed by atoms with E-state index < -0.39 is 0 Å². The van der Waals surface area contributed by atoms with Crippen molar-refractivity contribution < 1.29 is 4.79 Å². The molecule has 1 atom stereocenters. The molecule has 0 saturated carbocycles. The van der Waals surface area contributed by atoms with Gasteiger partial charge in [0.05, 0.1) is 0 Å². The fraction of sp³-hybridized carbons (Fsp3) is 0.542. The molecule has 1 aliphatic rings. The lowest BCUT2D eigenvalue weighted by Gasteiger charge is -2.36. The molecule has 7 heteroatoms. The van der Waals surface area contributed by atoms with Crippen LogP contribution in [0.3, 0.4) is 0 Å². The first kappa shape index (κ1) is 21.6. The number of aromatic nitrogens is 4. The summed E-state index contributed by atoms with van der Waals surface area (Å²) in [5.74, 6) is 1.38. The van der Waals surface area contributed by atoms with Crippen LogP contribution in [0.4, 0.5) is 5.95 Å². The minimum Gasteiger partial charge on any atom is -0.361 e. The molecule has 1 aromatic carbocycles. The van der Waals surface area contributed by atoms with Gasteiger partial charge in [0, 0.05) is 55.7 Å². The number of fused-ring (bicyclic) bond motifs is 1. The molecule has 2 N–H and O–H groups in total. The Bertz CT molecular complexity index is 998. The van der Waals surface area contributed by atoms with Crippen molar-refractivity contribution in [3.05, 3.63) is 41.9 Å². The van der Waals surface area contributed by atoms with Crippen LogP contribution >= 0.6 is 0 Å². The maximum atomic E-state index is 13.0. The smallest absolute Gasteiger partial charge is 0.245 e. The van der Waals surface area contributed by atoms with Gasteiger partial charge in [-0.2, -0.15) is 4.98 Å². The summed E-state index contributed by atoms with van der Waals surface area (Å²) in [6, 6.07) is 8.90. The van der Waals surface area contributed by atoms with Crippen LogP contribution in [0.5, 0.6) is 0 Å². The minimum atomic E-state index is 0.0536. The molecule has 0 spiro atoms. The van der Waals surface area contributed by atoms with Gasteiger partial charge in [-0.15, -0.1) is 5.10 Å². The molecule has 0 amide bonds. The monoisotopic (exact) mass is 422 g/mol. The van der Waals surface area contributed by atoms with Gasteiger partial charge in [-0.3, -0.25) is 14.8 Å². The average Bonchev–Trinajstić information content (AvgIpc) is 3.42. The number of H-pyrrole nitrogens is 2. The topological polar surface area (TPSA) is 80.9 Å². The second-order valence-electron chi connectivity index (χ2n) is 8.95. The van der Waals surface area contributed by atoms with Gasteiger partial charge in [0.25, 0.3) is 0 Å². The third-order valence-electron chi connectivity index (χ3n) is 6.42. The van der Waals surface area contributed by atoms with Crippen molar-refractivity contribution in [1.82, 2.24) is 25.1 Å². The van der Waals surface area contributed by atoms with E-state index in [2.05, 4.69) is 75.1 Å². The van der Waals surface area contributed by atoms with Crippen molar-refractivity contribution in [3.8, 4) is 0 Å². The van der Waals surface area contributed by atoms with Crippen molar-refractivity contribution >= 4 is 22.6 Å². The number of carbonyl (C=O) groups is 1. The van der Waals surface area contributed by atoms with Crippen LogP contribution in [0.2, 0.25) is 0 Å². The normalized spacial score (nSPS) is 16.3. The van der Waals surface area contributed by atoms with E-state index in [1.807, 2.05) is 6.07 Å². The molecule has 0 aliphatic carbocycles. The summed E-state index contributed by atoms with van der Waals surface area (Å²) in [6.07, 6.45) is 5.54. The molecule has 1 fully saturated rings. The lowest BCUT2D eigenvalue weighted by Crippen LogP contribution is -2.49. The zero-order valence-electron chi connectivity index (χ0n) is 18.9. The lowest BCUT2D eigenvalue weighted by atomic mass is 9.90. The first-order valence-electron chi connectivity index (χ1n) is 11.5. The predicted molar refractivity (Wildman–Crippen MR) is 125 cm³/mol. The first-order chi connectivity index (χ1) is 15.0. The SMILES string of the molecule is CCCC(CC(=O)c1nc(N2CCN(C(C)C)CC2)n[nH]1)Cc1c[nH]c2ccccc12. The van der Waals surface area contributed by atoms with Crippen LogP contribution in [-0.4, -0.2) is 63.1 Å². The number of piperazine rings is 1. The number of nitrogens with zero attached hydrogens (tertiary/aromatic N) is 4. The Balaban J connectivity index is 1.39. The van der Waals surface area contributed by atoms with Crippen molar-refractivity contribution in [2.24, 2.45) is 5.92 Å². The molecule has 1 saturated heterocycles. The largest absolute Gasteiger partial charge is 0.361 e. The number of para-hydroxylation sites is 1. The van der Waals surface area contributed by atoms with E-state index in [4.69, 9.17) is 0 Å². The summed E-state index contributed by atoms with van der Waals surface area (Å²) in [5, 5.41) is 8.50. The highest BCUT2D eigenvalue weighted by Crippen LogP contribution is 2.25. The Morgan fingerprint density at radius 3 is 2.68 bits per heavy atom. The molecular formula is C24H34N6O. The van der Waals surface area contributed by atoms with Crippen molar-refractivity contribution in [2.45, 2.75) is 52.5 Å². The molecule has 4 rings (SSSR count).